The van der Waals surface area contributed by atoms with Gasteiger partial charge in [-0.25, -0.2) is 0 Å². The highest BCUT2D eigenvalue weighted by Crippen LogP contribution is 2.41. The Balaban J connectivity index is 1.39. The van der Waals surface area contributed by atoms with E-state index in [9.17, 15) is 0 Å². The second-order valence-corrected chi connectivity index (χ2v) is 9.46. The van der Waals surface area contributed by atoms with Crippen molar-refractivity contribution in [2.45, 2.75) is 47.6 Å². The van der Waals surface area contributed by atoms with E-state index in [1.807, 2.05) is 66.7 Å². The van der Waals surface area contributed by atoms with Crippen molar-refractivity contribution < 1.29 is 23.5 Å². The number of hydrogen-bond acceptors (Lipinski definition) is 6. The molecule has 0 amide bonds. The van der Waals surface area contributed by atoms with Crippen LogP contribution in [-0.4, -0.2) is 36.5 Å². The molecule has 0 aromatic heterocycles. The summed E-state index contributed by atoms with van der Waals surface area (Å²) in [6.45, 7) is 0.882. The summed E-state index contributed by atoms with van der Waals surface area (Å²) in [7, 11) is 2.39. The van der Waals surface area contributed by atoms with E-state index >= 15 is 0 Å². The van der Waals surface area contributed by atoms with Crippen LogP contribution in [0.2, 0.25) is 0 Å². The molecule has 5 rings (SSSR count). The lowest BCUT2D eigenvalue weighted by atomic mass is 9.98. The maximum atomic E-state index is 6.48. The van der Waals surface area contributed by atoms with Crippen molar-refractivity contribution in [2.24, 2.45) is 0 Å². The highest BCUT2D eigenvalue weighted by molar-refractivity contribution is 7.99. The van der Waals surface area contributed by atoms with Crippen LogP contribution in [0.15, 0.2) is 95.9 Å². The molecule has 2 aliphatic rings. The molecule has 3 aromatic carbocycles. The molecule has 4 unspecified atom stereocenters. The molecule has 7 heteroatoms. The monoisotopic (exact) mass is 482 g/mol. The highest BCUT2D eigenvalue weighted by Gasteiger charge is 2.51. The van der Waals surface area contributed by atoms with Crippen LogP contribution < -0.4 is 0 Å². The van der Waals surface area contributed by atoms with E-state index in [-0.39, 0.29) is 29.9 Å². The van der Waals surface area contributed by atoms with Crippen LogP contribution in [0, 0.1) is 0 Å². The number of benzene rings is 3. The Kier molecular flexibility index (Phi) is 7.74. The van der Waals surface area contributed by atoms with Crippen LogP contribution in [0.5, 0.6) is 0 Å². The average Bonchev–Trinajstić information content (AvgIpc) is 2.88. The van der Waals surface area contributed by atoms with Crippen molar-refractivity contribution in [1.29, 1.82) is 0 Å². The molecule has 0 saturated carbocycles. The fraction of sp³-hybridized carbons (Fsp3) is 0.308. The topological polar surface area (TPSA) is 46.2 Å². The minimum atomic E-state index is -0.470. The van der Waals surface area contributed by atoms with E-state index in [1.165, 1.54) is 0 Å². The predicted molar refractivity (Wildman–Crippen MR) is 131 cm³/mol. The van der Waals surface area contributed by atoms with E-state index in [2.05, 4.69) is 33.7 Å². The largest absolute Gasteiger partial charge is 0.368 e. The zero-order chi connectivity index (χ0) is 22.5. The number of hydrogen-bond donors (Lipinski definition) is 0. The van der Waals surface area contributed by atoms with Gasteiger partial charge in [-0.05, 0) is 17.7 Å². The first-order chi connectivity index (χ1) is 16.3. The van der Waals surface area contributed by atoms with Gasteiger partial charge in [0.05, 0.1) is 13.2 Å². The molecule has 2 fully saturated rings. The van der Waals surface area contributed by atoms with Crippen LogP contribution in [-0.2, 0) is 30.1 Å². The Morgan fingerprint density at radius 3 is 2.18 bits per heavy atom. The van der Waals surface area contributed by atoms with Gasteiger partial charge >= 0.3 is 0 Å². The molecule has 0 bridgehead atoms. The Morgan fingerprint density at radius 2 is 1.48 bits per heavy atom. The van der Waals surface area contributed by atoms with Gasteiger partial charge in [0.25, 0.3) is 0 Å². The minimum Gasteiger partial charge on any atom is -0.368 e. The first-order valence-electron chi connectivity index (χ1n) is 11.0. The first-order valence-corrected chi connectivity index (χ1v) is 12.4. The summed E-state index contributed by atoms with van der Waals surface area (Å²) < 4.78 is 31.3. The third-order valence-corrected chi connectivity index (χ3v) is 7.26. The first kappa shape index (κ1) is 23.0. The molecular weight excluding hydrogens is 455 g/mol. The third-order valence-electron chi connectivity index (χ3n) is 5.79. The molecule has 0 spiro atoms. The van der Waals surface area contributed by atoms with Crippen molar-refractivity contribution in [2.75, 3.05) is 6.61 Å². The zero-order valence-corrected chi connectivity index (χ0v) is 20.0. The third kappa shape index (κ3) is 5.50. The van der Waals surface area contributed by atoms with E-state index < -0.39 is 6.29 Å². The van der Waals surface area contributed by atoms with Crippen LogP contribution >= 0.6 is 21.2 Å². The van der Waals surface area contributed by atoms with Gasteiger partial charge in [0, 0.05) is 19.9 Å². The van der Waals surface area contributed by atoms with Crippen LogP contribution in [0.3, 0.4) is 0 Å². The summed E-state index contributed by atoms with van der Waals surface area (Å²) in [6, 6.07) is 30.3. The Hall–Kier alpha value is -1.76. The Labute approximate surface area is 201 Å². The molecule has 172 valence electrons. The molecule has 0 radical (unpaired) electrons. The smallest absolute Gasteiger partial charge is 0.184 e. The second-order valence-electron chi connectivity index (χ2n) is 8.01. The van der Waals surface area contributed by atoms with Gasteiger partial charge in [-0.1, -0.05) is 90.6 Å². The highest BCUT2D eigenvalue weighted by atomic mass is 32.2. The maximum Gasteiger partial charge on any atom is 0.184 e. The quantitative estimate of drug-likeness (QED) is 0.422. The maximum absolute atomic E-state index is 6.48. The fourth-order valence-corrected chi connectivity index (χ4v) is 5.70. The number of fused-ring (bicyclic) bond motifs is 1. The Bertz CT molecular complexity index is 993. The zero-order valence-electron chi connectivity index (χ0n) is 18.1. The fourth-order valence-electron chi connectivity index (χ4n) is 4.15. The van der Waals surface area contributed by atoms with Gasteiger partial charge in [-0.3, -0.25) is 0 Å². The van der Waals surface area contributed by atoms with Gasteiger partial charge < -0.3 is 23.5 Å². The SMILES string of the molecule is POC1[C@H](Sc2ccccc2)OC2COC(c3ccccc3)O[C@H]2[C@H]1OCc1ccccc1. The summed E-state index contributed by atoms with van der Waals surface area (Å²) in [4.78, 5) is 1.11. The number of ether oxygens (including phenoxy) is 4. The Morgan fingerprint density at radius 1 is 0.818 bits per heavy atom. The molecule has 33 heavy (non-hydrogen) atoms. The summed E-state index contributed by atoms with van der Waals surface area (Å²) in [5.41, 5.74) is 1.80. The summed E-state index contributed by atoms with van der Waals surface area (Å²) in [6.07, 6.45) is -1.74. The molecular formula is C26H27O5PS. The van der Waals surface area contributed by atoms with E-state index in [0.29, 0.717) is 13.2 Å². The van der Waals surface area contributed by atoms with Crippen molar-refractivity contribution >= 4 is 21.2 Å². The lowest BCUT2D eigenvalue weighted by Crippen LogP contribution is -2.61. The molecule has 0 aliphatic carbocycles. The molecule has 2 aliphatic heterocycles. The van der Waals surface area contributed by atoms with Crippen molar-refractivity contribution in [3.63, 3.8) is 0 Å². The van der Waals surface area contributed by atoms with E-state index in [0.717, 1.165) is 16.0 Å². The lowest BCUT2D eigenvalue weighted by Gasteiger charge is -2.48. The lowest BCUT2D eigenvalue weighted by molar-refractivity contribution is -0.322. The number of rotatable bonds is 7. The van der Waals surface area contributed by atoms with Gasteiger partial charge in [0.15, 0.2) is 6.29 Å². The molecule has 3 aromatic rings. The van der Waals surface area contributed by atoms with Crippen molar-refractivity contribution in [3.8, 4) is 0 Å². The van der Waals surface area contributed by atoms with Crippen molar-refractivity contribution in [3.05, 3.63) is 102 Å². The van der Waals surface area contributed by atoms with Gasteiger partial charge in [0.2, 0.25) is 0 Å². The molecule has 7 atom stereocenters. The predicted octanol–water partition coefficient (Wildman–Crippen LogP) is 5.38. The second kappa shape index (κ2) is 11.1. The molecule has 5 nitrogen and oxygen atoms in total. The van der Waals surface area contributed by atoms with Gasteiger partial charge in [-0.15, -0.1) is 0 Å². The van der Waals surface area contributed by atoms with Gasteiger partial charge in [-0.2, -0.15) is 0 Å². The van der Waals surface area contributed by atoms with Gasteiger partial charge in [0.1, 0.15) is 29.9 Å². The van der Waals surface area contributed by atoms with E-state index in [4.69, 9.17) is 23.5 Å². The van der Waals surface area contributed by atoms with E-state index in [1.54, 1.807) is 11.8 Å². The summed E-state index contributed by atoms with van der Waals surface area (Å²) in [5, 5.41) is 0. The molecule has 0 N–H and O–H groups in total. The average molecular weight is 483 g/mol. The summed E-state index contributed by atoms with van der Waals surface area (Å²) in [5.74, 6) is 0. The van der Waals surface area contributed by atoms with Crippen molar-refractivity contribution in [1.82, 2.24) is 0 Å². The molecule has 2 heterocycles. The van der Waals surface area contributed by atoms with Crippen LogP contribution in [0.4, 0.5) is 0 Å². The molecule has 2 saturated heterocycles. The summed E-state index contributed by atoms with van der Waals surface area (Å²) >= 11 is 1.62. The number of thioether (sulfide) groups is 1. The standard InChI is InChI=1S/C26H27O5PS/c32-31-24-23(27-16-18-10-4-1-5-11-18)22-21(29-26(24)33-20-14-8-3-9-15-20)17-28-25(30-22)19-12-6-2-7-13-19/h1-15,21-26H,16-17,32H2/t21?,22-,23-,24?,25?,26+/m1/s1. The normalized spacial score (nSPS) is 29.4. The van der Waals surface area contributed by atoms with Crippen LogP contribution in [0.1, 0.15) is 17.4 Å². The minimum absolute atomic E-state index is 0.261. The van der Waals surface area contributed by atoms with Crippen LogP contribution in [0.25, 0.3) is 0 Å².